The molecule has 2 N–H and O–H groups in total. The Morgan fingerprint density at radius 1 is 1.39 bits per heavy atom. The number of carboxylic acids is 1. The third-order valence-corrected chi connectivity index (χ3v) is 3.82. The maximum atomic E-state index is 11.6. The van der Waals surface area contributed by atoms with Gasteiger partial charge in [0.05, 0.1) is 18.6 Å². The molecule has 0 heterocycles. The second kappa shape index (κ2) is 6.69. The molecule has 0 saturated carbocycles. The minimum atomic E-state index is -3.43. The first kappa shape index (κ1) is 16.9. The maximum Gasteiger partial charge on any atom is 0.305 e. The lowest BCUT2D eigenvalue weighted by Crippen LogP contribution is -2.52. The second-order valence-electron chi connectivity index (χ2n) is 4.29. The van der Waals surface area contributed by atoms with E-state index in [2.05, 4.69) is 5.32 Å². The van der Waals surface area contributed by atoms with Crippen LogP contribution in [0.3, 0.4) is 0 Å². The van der Waals surface area contributed by atoms with Crippen LogP contribution < -0.4 is 5.32 Å². The highest BCUT2D eigenvalue weighted by molar-refractivity contribution is 7.92. The Kier molecular flexibility index (Phi) is 6.27. The first-order valence-electron chi connectivity index (χ1n) is 5.36. The minimum Gasteiger partial charge on any atom is -0.481 e. The number of amides is 1. The summed E-state index contributed by atoms with van der Waals surface area (Å²) in [5.74, 6) is -2.62. The number of methoxy groups -OCH3 is 1. The third-order valence-electron chi connectivity index (χ3n) is 2.24. The SMILES string of the molecule is CCS(=O)(=O)CC(=O)NC(C)(COC)CC(=O)O. The van der Waals surface area contributed by atoms with Crippen LogP contribution in [0.25, 0.3) is 0 Å². The van der Waals surface area contributed by atoms with Crippen molar-refractivity contribution in [2.75, 3.05) is 25.2 Å². The molecular weight excluding hydrogens is 262 g/mol. The van der Waals surface area contributed by atoms with Crippen molar-refractivity contribution in [2.45, 2.75) is 25.8 Å². The summed E-state index contributed by atoms with van der Waals surface area (Å²) >= 11 is 0. The van der Waals surface area contributed by atoms with Crippen LogP contribution in [0.2, 0.25) is 0 Å². The first-order valence-corrected chi connectivity index (χ1v) is 7.18. The van der Waals surface area contributed by atoms with Gasteiger partial charge in [-0.2, -0.15) is 0 Å². The van der Waals surface area contributed by atoms with Crippen LogP contribution in [0.15, 0.2) is 0 Å². The standard InChI is InChI=1S/C10H19NO6S/c1-4-18(15,16)6-8(12)11-10(2,7-17-3)5-9(13)14/h4-7H2,1-3H3,(H,11,12)(H,13,14). The molecule has 18 heavy (non-hydrogen) atoms. The molecule has 1 amide bonds. The number of rotatable bonds is 8. The molecule has 0 spiro atoms. The lowest BCUT2D eigenvalue weighted by molar-refractivity contribution is -0.139. The van der Waals surface area contributed by atoms with Crippen LogP contribution in [-0.2, 0) is 24.2 Å². The van der Waals surface area contributed by atoms with Gasteiger partial charge in [0, 0.05) is 12.9 Å². The number of carboxylic acid groups (broad SMARTS) is 1. The topological polar surface area (TPSA) is 110 Å². The van der Waals surface area contributed by atoms with Crippen LogP contribution in [0.5, 0.6) is 0 Å². The van der Waals surface area contributed by atoms with E-state index in [1.165, 1.54) is 21.0 Å². The van der Waals surface area contributed by atoms with E-state index in [4.69, 9.17) is 9.84 Å². The van der Waals surface area contributed by atoms with Crippen LogP contribution in [0.4, 0.5) is 0 Å². The Morgan fingerprint density at radius 2 is 1.94 bits per heavy atom. The van der Waals surface area contributed by atoms with Crippen molar-refractivity contribution in [1.29, 1.82) is 0 Å². The fourth-order valence-corrected chi connectivity index (χ4v) is 2.13. The Morgan fingerprint density at radius 3 is 2.33 bits per heavy atom. The zero-order chi connectivity index (χ0) is 14.4. The van der Waals surface area contributed by atoms with Crippen molar-refractivity contribution in [2.24, 2.45) is 0 Å². The van der Waals surface area contributed by atoms with Crippen molar-refractivity contribution in [1.82, 2.24) is 5.32 Å². The highest BCUT2D eigenvalue weighted by atomic mass is 32.2. The van der Waals surface area contributed by atoms with E-state index in [1.807, 2.05) is 0 Å². The molecule has 0 aliphatic carbocycles. The van der Waals surface area contributed by atoms with Gasteiger partial charge in [0.15, 0.2) is 9.84 Å². The molecule has 0 rings (SSSR count). The van der Waals surface area contributed by atoms with Gasteiger partial charge < -0.3 is 15.2 Å². The fraction of sp³-hybridized carbons (Fsp3) is 0.800. The smallest absolute Gasteiger partial charge is 0.305 e. The van der Waals surface area contributed by atoms with Crippen LogP contribution in [-0.4, -0.2) is 56.2 Å². The first-order chi connectivity index (χ1) is 8.14. The number of aliphatic carboxylic acids is 1. The third kappa shape index (κ3) is 6.55. The molecule has 0 radical (unpaired) electrons. The fourth-order valence-electron chi connectivity index (χ4n) is 1.46. The number of hydrogen-bond donors (Lipinski definition) is 2. The summed E-state index contributed by atoms with van der Waals surface area (Å²) in [6.07, 6.45) is -0.348. The van der Waals surface area contributed by atoms with Gasteiger partial charge in [-0.25, -0.2) is 8.42 Å². The molecule has 0 aromatic heterocycles. The number of nitrogens with one attached hydrogen (secondary N) is 1. The monoisotopic (exact) mass is 281 g/mol. The van der Waals surface area contributed by atoms with E-state index < -0.39 is 33.0 Å². The van der Waals surface area contributed by atoms with Crippen LogP contribution in [0, 0.1) is 0 Å². The molecule has 1 atom stereocenters. The van der Waals surface area contributed by atoms with Gasteiger partial charge in [0.2, 0.25) is 5.91 Å². The molecule has 0 aliphatic rings. The highest BCUT2D eigenvalue weighted by Crippen LogP contribution is 2.10. The van der Waals surface area contributed by atoms with E-state index >= 15 is 0 Å². The molecule has 0 fully saturated rings. The summed E-state index contributed by atoms with van der Waals surface area (Å²) in [5.41, 5.74) is -1.12. The van der Waals surface area contributed by atoms with Gasteiger partial charge in [-0.1, -0.05) is 6.92 Å². The van der Waals surface area contributed by atoms with E-state index in [9.17, 15) is 18.0 Å². The average molecular weight is 281 g/mol. The molecule has 1 unspecified atom stereocenters. The number of sulfone groups is 1. The van der Waals surface area contributed by atoms with E-state index in [1.54, 1.807) is 0 Å². The summed E-state index contributed by atoms with van der Waals surface area (Å²) in [4.78, 5) is 22.2. The average Bonchev–Trinajstić information content (AvgIpc) is 2.14. The Labute approximate surface area is 106 Å². The van der Waals surface area contributed by atoms with Gasteiger partial charge in [-0.3, -0.25) is 9.59 Å². The lowest BCUT2D eigenvalue weighted by atomic mass is 9.99. The van der Waals surface area contributed by atoms with Gasteiger partial charge in [0.25, 0.3) is 0 Å². The molecule has 0 aliphatic heterocycles. The summed E-state index contributed by atoms with van der Waals surface area (Å²) in [5, 5.41) is 11.1. The maximum absolute atomic E-state index is 11.6. The van der Waals surface area contributed by atoms with Crippen molar-refractivity contribution in [3.05, 3.63) is 0 Å². The number of ether oxygens (including phenoxy) is 1. The molecule has 0 aromatic rings. The van der Waals surface area contributed by atoms with E-state index in [0.29, 0.717) is 0 Å². The molecule has 0 saturated heterocycles. The zero-order valence-corrected chi connectivity index (χ0v) is 11.5. The van der Waals surface area contributed by atoms with E-state index in [0.717, 1.165) is 0 Å². The molecule has 0 bridgehead atoms. The number of carbonyl (C=O) groups excluding carboxylic acids is 1. The Hall–Kier alpha value is -1.15. The minimum absolute atomic E-state index is 0.0167. The van der Waals surface area contributed by atoms with Crippen molar-refractivity contribution < 1.29 is 27.9 Å². The second-order valence-corrected chi connectivity index (χ2v) is 6.64. The zero-order valence-electron chi connectivity index (χ0n) is 10.7. The van der Waals surface area contributed by atoms with Gasteiger partial charge in [-0.05, 0) is 6.92 Å². The molecule has 8 heteroatoms. The van der Waals surface area contributed by atoms with Crippen LogP contribution in [0.1, 0.15) is 20.3 Å². The quantitative estimate of drug-likeness (QED) is 0.616. The molecule has 7 nitrogen and oxygen atoms in total. The lowest BCUT2D eigenvalue weighted by Gasteiger charge is -2.28. The largest absolute Gasteiger partial charge is 0.481 e. The Balaban J connectivity index is 4.69. The van der Waals surface area contributed by atoms with Crippen molar-refractivity contribution in [3.8, 4) is 0 Å². The highest BCUT2D eigenvalue weighted by Gasteiger charge is 2.30. The summed E-state index contributed by atoms with van der Waals surface area (Å²) in [6, 6.07) is 0. The summed E-state index contributed by atoms with van der Waals surface area (Å²) in [6.45, 7) is 2.91. The Bertz CT molecular complexity index is 405. The predicted octanol–water partition coefficient (Wildman–Crippen LogP) is -0.583. The summed E-state index contributed by atoms with van der Waals surface area (Å²) < 4.78 is 27.4. The normalized spacial score (nSPS) is 14.8. The van der Waals surface area contributed by atoms with Crippen molar-refractivity contribution >= 4 is 21.7 Å². The molecule has 0 aromatic carbocycles. The number of hydrogen-bond acceptors (Lipinski definition) is 5. The molecule has 106 valence electrons. The molecular formula is C10H19NO6S. The predicted molar refractivity (Wildman–Crippen MR) is 65.0 cm³/mol. The summed E-state index contributed by atoms with van der Waals surface area (Å²) in [7, 11) is -2.06. The van der Waals surface area contributed by atoms with Gasteiger partial charge >= 0.3 is 5.97 Å². The van der Waals surface area contributed by atoms with Gasteiger partial charge in [0.1, 0.15) is 5.75 Å². The number of carbonyl (C=O) groups is 2. The van der Waals surface area contributed by atoms with Gasteiger partial charge in [-0.15, -0.1) is 0 Å². The van der Waals surface area contributed by atoms with E-state index in [-0.39, 0.29) is 18.8 Å². The van der Waals surface area contributed by atoms with Crippen LogP contribution >= 0.6 is 0 Å². The van der Waals surface area contributed by atoms with Crippen molar-refractivity contribution in [3.63, 3.8) is 0 Å².